The molecular weight excluding hydrogens is 356 g/mol. The van der Waals surface area contributed by atoms with Crippen LogP contribution >= 0.6 is 11.8 Å². The van der Waals surface area contributed by atoms with Gasteiger partial charge < -0.3 is 4.55 Å². The predicted octanol–water partition coefficient (Wildman–Crippen LogP) is 2.39. The van der Waals surface area contributed by atoms with Crippen molar-refractivity contribution in [1.29, 1.82) is 0 Å². The number of nitrogens with two attached hydrogens (primary N) is 2. The van der Waals surface area contributed by atoms with Gasteiger partial charge in [0.1, 0.15) is 10.1 Å². The smallest absolute Gasteiger partial charge is 0.300 e. The maximum Gasteiger partial charge on any atom is 0.300 e. The summed E-state index contributed by atoms with van der Waals surface area (Å²) in [6.45, 7) is 8.21. The Morgan fingerprint density at radius 2 is 1.76 bits per heavy atom. The Balaban J connectivity index is 0.000000472. The van der Waals surface area contributed by atoms with E-state index in [0.717, 1.165) is 24.2 Å². The fourth-order valence-corrected chi connectivity index (χ4v) is 2.71. The van der Waals surface area contributed by atoms with E-state index in [0.29, 0.717) is 5.17 Å². The fourth-order valence-electron chi connectivity index (χ4n) is 1.68. The molecule has 0 saturated heterocycles. The van der Waals surface area contributed by atoms with Gasteiger partial charge in [0.05, 0.1) is 4.90 Å². The van der Waals surface area contributed by atoms with Crippen LogP contribution < -0.4 is 11.1 Å². The SMILES string of the molecule is CC(C)=CCC/C(C)=C/CSC(N)=[NH2+].Cc1ccc(S(=O)(=O)[O-])cc1. The summed E-state index contributed by atoms with van der Waals surface area (Å²) in [6.07, 6.45) is 6.69. The highest BCUT2D eigenvalue weighted by Crippen LogP contribution is 2.09. The Morgan fingerprint density at radius 3 is 2.20 bits per heavy atom. The van der Waals surface area contributed by atoms with Crippen LogP contribution in [-0.4, -0.2) is 23.9 Å². The van der Waals surface area contributed by atoms with Crippen molar-refractivity contribution in [3.63, 3.8) is 0 Å². The number of thioether (sulfide) groups is 1. The lowest BCUT2D eigenvalue weighted by Gasteiger charge is -2.05. The minimum atomic E-state index is -4.27. The van der Waals surface area contributed by atoms with E-state index in [2.05, 4.69) is 32.9 Å². The molecule has 0 amide bonds. The first kappa shape index (κ1) is 23.4. The van der Waals surface area contributed by atoms with E-state index in [1.165, 1.54) is 35.0 Å². The van der Waals surface area contributed by atoms with Gasteiger partial charge in [-0.3, -0.25) is 11.1 Å². The third kappa shape index (κ3) is 13.4. The van der Waals surface area contributed by atoms with Crippen LogP contribution in [0.1, 0.15) is 39.2 Å². The average Bonchev–Trinajstić information content (AvgIpc) is 2.46. The standard InChI is InChI=1S/C11H20N2S.C7H8O3S/c1-9(2)5-4-6-10(3)7-8-14-11(12)13;1-6-2-4-7(5-3-6)11(8,9)10/h5,7H,4,6,8H2,1-3H3,(H3,12,13);2-5H,1H3,(H,8,9,10)/b10-7+;. The Bertz CT molecular complexity index is 702. The van der Waals surface area contributed by atoms with Gasteiger partial charge in [-0.2, -0.15) is 0 Å². The second-order valence-corrected chi connectivity index (χ2v) is 8.32. The van der Waals surface area contributed by atoms with Gasteiger partial charge >= 0.3 is 0 Å². The summed E-state index contributed by atoms with van der Waals surface area (Å²) in [5.74, 6) is 0.878. The van der Waals surface area contributed by atoms with Gasteiger partial charge in [-0.1, -0.05) is 41.0 Å². The van der Waals surface area contributed by atoms with Gasteiger partial charge in [-0.25, -0.2) is 8.42 Å². The molecule has 0 aliphatic heterocycles. The Labute approximate surface area is 155 Å². The quantitative estimate of drug-likeness (QED) is 0.339. The van der Waals surface area contributed by atoms with Crippen LogP contribution in [-0.2, 0) is 10.1 Å². The van der Waals surface area contributed by atoms with Gasteiger partial charge in [0.15, 0.2) is 0 Å². The highest BCUT2D eigenvalue weighted by molar-refractivity contribution is 8.13. The van der Waals surface area contributed by atoms with Crippen molar-refractivity contribution in [2.75, 3.05) is 5.75 Å². The lowest BCUT2D eigenvalue weighted by Crippen LogP contribution is -2.43. The molecule has 1 aromatic rings. The topological polar surface area (TPSA) is 109 Å². The van der Waals surface area contributed by atoms with Crippen molar-refractivity contribution in [3.8, 4) is 0 Å². The Hall–Kier alpha value is -1.57. The van der Waals surface area contributed by atoms with Crippen molar-refractivity contribution < 1.29 is 18.4 Å². The summed E-state index contributed by atoms with van der Waals surface area (Å²) in [4.78, 5) is -0.178. The summed E-state index contributed by atoms with van der Waals surface area (Å²) in [7, 11) is -4.27. The first-order valence-electron chi connectivity index (χ1n) is 7.84. The summed E-state index contributed by atoms with van der Waals surface area (Å²) < 4.78 is 31.2. The normalized spacial score (nSPS) is 11.3. The van der Waals surface area contributed by atoms with Crippen LogP contribution in [0.5, 0.6) is 0 Å². The van der Waals surface area contributed by atoms with Gasteiger partial charge in [-0.15, -0.1) is 0 Å². The molecule has 1 aromatic carbocycles. The molecule has 0 saturated carbocycles. The second kappa shape index (κ2) is 11.9. The summed E-state index contributed by atoms with van der Waals surface area (Å²) in [6, 6.07) is 5.78. The van der Waals surface area contributed by atoms with Crippen molar-refractivity contribution >= 4 is 27.0 Å². The highest BCUT2D eigenvalue weighted by Gasteiger charge is 1.97. The van der Waals surface area contributed by atoms with Crippen molar-refractivity contribution in [1.82, 2.24) is 0 Å². The van der Waals surface area contributed by atoms with Crippen LogP contribution in [0.15, 0.2) is 52.5 Å². The Kier molecular flexibility index (Phi) is 11.1. The lowest BCUT2D eigenvalue weighted by atomic mass is 10.1. The molecule has 0 aromatic heterocycles. The number of hydrogen-bond acceptors (Lipinski definition) is 4. The van der Waals surface area contributed by atoms with Gasteiger partial charge in [0, 0.05) is 5.75 Å². The molecule has 0 spiro atoms. The third-order valence-corrected chi connectivity index (χ3v) is 4.60. The molecule has 0 radical (unpaired) electrons. The molecular formula is C18H28N2O3S2. The molecule has 0 unspecified atom stereocenters. The maximum atomic E-state index is 10.4. The zero-order chi connectivity index (χ0) is 19.5. The van der Waals surface area contributed by atoms with E-state index < -0.39 is 10.1 Å². The lowest BCUT2D eigenvalue weighted by molar-refractivity contribution is -0.110. The van der Waals surface area contributed by atoms with E-state index in [1.807, 2.05) is 6.92 Å². The summed E-state index contributed by atoms with van der Waals surface area (Å²) in [5, 5.41) is 5.78. The number of hydrogen-bond donors (Lipinski definition) is 2. The van der Waals surface area contributed by atoms with Crippen LogP contribution in [0, 0.1) is 6.92 Å². The number of allylic oxidation sites excluding steroid dienone is 3. The molecule has 0 atom stereocenters. The van der Waals surface area contributed by atoms with Gasteiger partial charge in [-0.05, 0) is 64.4 Å². The number of aryl methyl sites for hydroxylation is 1. The van der Waals surface area contributed by atoms with E-state index in [1.54, 1.807) is 12.1 Å². The van der Waals surface area contributed by atoms with Crippen LogP contribution in [0.4, 0.5) is 0 Å². The van der Waals surface area contributed by atoms with Crippen LogP contribution in [0.2, 0.25) is 0 Å². The monoisotopic (exact) mass is 384 g/mol. The van der Waals surface area contributed by atoms with Gasteiger partial charge in [0.2, 0.25) is 0 Å². The van der Waals surface area contributed by atoms with E-state index >= 15 is 0 Å². The Morgan fingerprint density at radius 1 is 1.20 bits per heavy atom. The minimum absolute atomic E-state index is 0.178. The third-order valence-electron chi connectivity index (χ3n) is 3.08. The maximum absolute atomic E-state index is 10.4. The molecule has 4 N–H and O–H groups in total. The van der Waals surface area contributed by atoms with E-state index in [4.69, 9.17) is 11.1 Å². The second-order valence-electron chi connectivity index (χ2n) is 5.85. The van der Waals surface area contributed by atoms with Crippen molar-refractivity contribution in [2.45, 2.75) is 45.4 Å². The minimum Gasteiger partial charge on any atom is -0.744 e. The van der Waals surface area contributed by atoms with Crippen LogP contribution in [0.3, 0.4) is 0 Å². The molecule has 0 aliphatic carbocycles. The van der Waals surface area contributed by atoms with E-state index in [-0.39, 0.29) is 4.90 Å². The summed E-state index contributed by atoms with van der Waals surface area (Å²) >= 11 is 1.48. The number of rotatable bonds is 6. The zero-order valence-corrected chi connectivity index (χ0v) is 16.9. The van der Waals surface area contributed by atoms with E-state index in [9.17, 15) is 13.0 Å². The van der Waals surface area contributed by atoms with Crippen molar-refractivity contribution in [3.05, 3.63) is 53.1 Å². The zero-order valence-electron chi connectivity index (χ0n) is 15.3. The number of amidine groups is 1. The number of benzene rings is 1. The first-order valence-corrected chi connectivity index (χ1v) is 10.2. The summed E-state index contributed by atoms with van der Waals surface area (Å²) in [5.41, 5.74) is 9.05. The largest absolute Gasteiger partial charge is 0.744 e. The molecule has 140 valence electrons. The highest BCUT2D eigenvalue weighted by atomic mass is 32.2. The molecule has 7 heteroatoms. The fraction of sp³-hybridized carbons (Fsp3) is 0.389. The molecule has 0 heterocycles. The van der Waals surface area contributed by atoms with Crippen molar-refractivity contribution in [2.24, 2.45) is 5.73 Å². The molecule has 1 rings (SSSR count). The van der Waals surface area contributed by atoms with Crippen LogP contribution in [0.25, 0.3) is 0 Å². The molecule has 25 heavy (non-hydrogen) atoms. The first-order chi connectivity index (χ1) is 11.5. The predicted molar refractivity (Wildman–Crippen MR) is 105 cm³/mol. The average molecular weight is 385 g/mol. The molecule has 0 bridgehead atoms. The van der Waals surface area contributed by atoms with Gasteiger partial charge in [0.25, 0.3) is 5.17 Å². The molecule has 0 aliphatic rings. The molecule has 0 fully saturated rings. The molecule has 5 nitrogen and oxygen atoms in total.